The minimum Gasteiger partial charge on any atom is -0.373 e. The molecule has 3 aromatic carbocycles. The third kappa shape index (κ3) is 4.25. The number of halogens is 1. The third-order valence-electron chi connectivity index (χ3n) is 6.11. The lowest BCUT2D eigenvalue weighted by Crippen LogP contribution is -2.44. The molecule has 0 aromatic heterocycles. The van der Waals surface area contributed by atoms with Crippen molar-refractivity contribution in [2.24, 2.45) is 4.99 Å². The lowest BCUT2D eigenvalue weighted by Gasteiger charge is -2.29. The largest absolute Gasteiger partial charge is 0.373 e. The van der Waals surface area contributed by atoms with Crippen LogP contribution in [0.3, 0.4) is 0 Å². The first kappa shape index (κ1) is 21.7. The van der Waals surface area contributed by atoms with Gasteiger partial charge in [-0.05, 0) is 37.1 Å². The van der Waals surface area contributed by atoms with E-state index in [1.54, 1.807) is 0 Å². The molecule has 33 heavy (non-hydrogen) atoms. The van der Waals surface area contributed by atoms with E-state index in [1.165, 1.54) is 0 Å². The molecule has 1 atom stereocenters. The fourth-order valence-electron chi connectivity index (χ4n) is 4.55. The minimum atomic E-state index is -0.334. The number of nitrogens with one attached hydrogen (secondary N) is 1. The summed E-state index contributed by atoms with van der Waals surface area (Å²) in [5, 5.41) is 3.56. The van der Waals surface area contributed by atoms with Gasteiger partial charge in [0.2, 0.25) is 0 Å². The standard InChI is InChI=1S/C28H26BrN3O/c1-28(2)18-30-24(20-11-7-4-8-12-20)23-25(31-28)27(33)32(17-19-9-5-3-6-10-19)26(23)21-13-15-22(29)16-14-21/h3-16,26,31H,17-18H2,1-2H3. The van der Waals surface area contributed by atoms with Crippen LogP contribution in [0.15, 0.2) is 106 Å². The van der Waals surface area contributed by atoms with Crippen molar-refractivity contribution in [1.82, 2.24) is 10.2 Å². The molecular weight excluding hydrogens is 474 g/mol. The molecule has 1 unspecified atom stereocenters. The van der Waals surface area contributed by atoms with E-state index in [1.807, 2.05) is 53.4 Å². The molecule has 0 bridgehead atoms. The summed E-state index contributed by atoms with van der Waals surface area (Å²) in [7, 11) is 0. The normalized spacial score (nSPS) is 19.6. The molecule has 0 saturated carbocycles. The van der Waals surface area contributed by atoms with E-state index >= 15 is 0 Å². The van der Waals surface area contributed by atoms with Crippen LogP contribution in [0.1, 0.15) is 36.6 Å². The number of carbonyl (C=O) groups is 1. The van der Waals surface area contributed by atoms with Crippen molar-refractivity contribution in [2.45, 2.75) is 32.0 Å². The number of carbonyl (C=O) groups excluding carboxylic acids is 1. The number of aliphatic imine (C=N–C) groups is 1. The van der Waals surface area contributed by atoms with Gasteiger partial charge in [-0.25, -0.2) is 0 Å². The molecule has 0 fully saturated rings. The highest BCUT2D eigenvalue weighted by atomic mass is 79.9. The summed E-state index contributed by atoms with van der Waals surface area (Å²) in [6.45, 7) is 5.30. The fourth-order valence-corrected chi connectivity index (χ4v) is 4.82. The molecule has 2 heterocycles. The zero-order valence-corrected chi connectivity index (χ0v) is 20.3. The minimum absolute atomic E-state index is 0.0142. The maximum Gasteiger partial charge on any atom is 0.271 e. The Balaban J connectivity index is 1.69. The Morgan fingerprint density at radius 1 is 0.970 bits per heavy atom. The molecule has 166 valence electrons. The Labute approximate surface area is 203 Å². The lowest BCUT2D eigenvalue weighted by atomic mass is 9.91. The van der Waals surface area contributed by atoms with Gasteiger partial charge in [0, 0.05) is 22.2 Å². The average Bonchev–Trinajstić information content (AvgIpc) is 2.97. The number of rotatable bonds is 4. The number of hydrogen-bond acceptors (Lipinski definition) is 3. The van der Waals surface area contributed by atoms with Gasteiger partial charge in [-0.2, -0.15) is 0 Å². The van der Waals surface area contributed by atoms with Crippen LogP contribution < -0.4 is 5.32 Å². The van der Waals surface area contributed by atoms with Gasteiger partial charge >= 0.3 is 0 Å². The lowest BCUT2D eigenvalue weighted by molar-refractivity contribution is -0.128. The van der Waals surface area contributed by atoms with E-state index in [-0.39, 0.29) is 17.5 Å². The maximum atomic E-state index is 14.0. The Morgan fingerprint density at radius 2 is 1.61 bits per heavy atom. The van der Waals surface area contributed by atoms with Crippen molar-refractivity contribution in [1.29, 1.82) is 0 Å². The first-order valence-corrected chi connectivity index (χ1v) is 12.0. The molecule has 0 saturated heterocycles. The van der Waals surface area contributed by atoms with Crippen LogP contribution in [0.5, 0.6) is 0 Å². The van der Waals surface area contributed by atoms with Gasteiger partial charge in [0.05, 0.1) is 23.8 Å². The van der Waals surface area contributed by atoms with Gasteiger partial charge in [0.25, 0.3) is 5.91 Å². The monoisotopic (exact) mass is 499 g/mol. The highest BCUT2D eigenvalue weighted by Gasteiger charge is 2.45. The number of amides is 1. The summed E-state index contributed by atoms with van der Waals surface area (Å²) >= 11 is 3.55. The summed E-state index contributed by atoms with van der Waals surface area (Å²) in [5.74, 6) is 0.0142. The van der Waals surface area contributed by atoms with Gasteiger partial charge in [-0.1, -0.05) is 88.7 Å². The zero-order valence-electron chi connectivity index (χ0n) is 18.8. The predicted molar refractivity (Wildman–Crippen MR) is 136 cm³/mol. The van der Waals surface area contributed by atoms with E-state index in [0.717, 1.165) is 32.4 Å². The number of benzene rings is 3. The smallest absolute Gasteiger partial charge is 0.271 e. The van der Waals surface area contributed by atoms with Crippen molar-refractivity contribution >= 4 is 27.5 Å². The number of nitrogens with zero attached hydrogens (tertiary/aromatic N) is 2. The van der Waals surface area contributed by atoms with Crippen LogP contribution in [0, 0.1) is 0 Å². The van der Waals surface area contributed by atoms with Crippen molar-refractivity contribution in [2.75, 3.05) is 6.54 Å². The summed E-state index contributed by atoms with van der Waals surface area (Å²) in [4.78, 5) is 21.0. The molecule has 1 amide bonds. The molecule has 0 spiro atoms. The van der Waals surface area contributed by atoms with Crippen LogP contribution in [-0.4, -0.2) is 28.6 Å². The third-order valence-corrected chi connectivity index (χ3v) is 6.64. The molecule has 0 radical (unpaired) electrons. The second-order valence-corrected chi connectivity index (χ2v) is 10.1. The summed E-state index contributed by atoms with van der Waals surface area (Å²) in [6, 6.07) is 28.4. The van der Waals surface area contributed by atoms with Gasteiger partial charge < -0.3 is 10.2 Å². The quantitative estimate of drug-likeness (QED) is 0.503. The van der Waals surface area contributed by atoms with Crippen molar-refractivity contribution in [3.05, 3.63) is 117 Å². The summed E-state index contributed by atoms with van der Waals surface area (Å²) < 4.78 is 1.01. The Bertz CT molecular complexity index is 1230. The van der Waals surface area contributed by atoms with Gasteiger partial charge in [0.1, 0.15) is 5.70 Å². The van der Waals surface area contributed by atoms with Crippen molar-refractivity contribution < 1.29 is 4.79 Å². The summed E-state index contributed by atoms with van der Waals surface area (Å²) in [6.07, 6.45) is 0. The van der Waals surface area contributed by atoms with Gasteiger partial charge in [0.15, 0.2) is 0 Å². The number of hydrogen-bond donors (Lipinski definition) is 1. The van der Waals surface area contributed by atoms with Crippen LogP contribution in [0.4, 0.5) is 0 Å². The molecule has 0 aliphatic carbocycles. The topological polar surface area (TPSA) is 44.7 Å². The molecule has 4 nitrogen and oxygen atoms in total. The van der Waals surface area contributed by atoms with E-state index < -0.39 is 0 Å². The van der Waals surface area contributed by atoms with E-state index in [2.05, 4.69) is 71.5 Å². The predicted octanol–water partition coefficient (Wildman–Crippen LogP) is 5.66. The van der Waals surface area contributed by atoms with Crippen LogP contribution >= 0.6 is 15.9 Å². The fraction of sp³-hybridized carbons (Fsp3) is 0.214. The van der Waals surface area contributed by atoms with E-state index in [9.17, 15) is 4.79 Å². The van der Waals surface area contributed by atoms with E-state index in [0.29, 0.717) is 18.8 Å². The van der Waals surface area contributed by atoms with Gasteiger partial charge in [-0.3, -0.25) is 9.79 Å². The highest BCUT2D eigenvalue weighted by Crippen LogP contribution is 2.42. The second-order valence-electron chi connectivity index (χ2n) is 9.20. The van der Waals surface area contributed by atoms with Crippen molar-refractivity contribution in [3.8, 4) is 0 Å². The van der Waals surface area contributed by atoms with Crippen molar-refractivity contribution in [3.63, 3.8) is 0 Å². The first-order chi connectivity index (χ1) is 15.9. The Hall–Kier alpha value is -3.18. The van der Waals surface area contributed by atoms with Crippen LogP contribution in [0.2, 0.25) is 0 Å². The molecule has 2 aliphatic rings. The molecular formula is C28H26BrN3O. The molecule has 5 heteroatoms. The second kappa shape index (κ2) is 8.64. The Kier molecular flexibility index (Phi) is 5.67. The van der Waals surface area contributed by atoms with Crippen LogP contribution in [-0.2, 0) is 11.3 Å². The van der Waals surface area contributed by atoms with Crippen LogP contribution in [0.25, 0.3) is 0 Å². The summed E-state index contributed by atoms with van der Waals surface area (Å²) in [5.41, 5.74) is 5.36. The average molecular weight is 500 g/mol. The first-order valence-electron chi connectivity index (χ1n) is 11.2. The highest BCUT2D eigenvalue weighted by molar-refractivity contribution is 9.10. The molecule has 5 rings (SSSR count). The van der Waals surface area contributed by atoms with E-state index in [4.69, 9.17) is 4.99 Å². The SMILES string of the molecule is CC1(C)CN=C(c2ccccc2)C2=C(N1)C(=O)N(Cc1ccccc1)C2c1ccc(Br)cc1. The Morgan fingerprint density at radius 3 is 2.27 bits per heavy atom. The van der Waals surface area contributed by atoms with Gasteiger partial charge in [-0.15, -0.1) is 0 Å². The maximum absolute atomic E-state index is 14.0. The zero-order chi connectivity index (χ0) is 23.0. The molecule has 2 aliphatic heterocycles. The molecule has 3 aromatic rings. The molecule has 1 N–H and O–H groups in total.